The highest BCUT2D eigenvalue weighted by atomic mass is 19.1. The van der Waals surface area contributed by atoms with Crippen molar-refractivity contribution in [1.82, 2.24) is 5.32 Å². The Hall–Kier alpha value is -4.04. The van der Waals surface area contributed by atoms with Crippen LogP contribution in [0.5, 0.6) is 5.75 Å². The molecule has 0 aliphatic carbocycles. The van der Waals surface area contributed by atoms with Crippen molar-refractivity contribution in [3.63, 3.8) is 0 Å². The number of carbonyl (C=O) groups excluding carboxylic acids is 2. The van der Waals surface area contributed by atoms with Crippen LogP contribution in [0.4, 0.5) is 10.1 Å². The quantitative estimate of drug-likeness (QED) is 0.532. The van der Waals surface area contributed by atoms with Crippen LogP contribution >= 0.6 is 0 Å². The average Bonchev–Trinajstić information content (AvgIpc) is 3.34. The molecule has 3 aromatic rings. The highest BCUT2D eigenvalue weighted by molar-refractivity contribution is 6.24. The monoisotopic (exact) mass is 474 g/mol. The standard InChI is InChI=1S/C27H23FN2O5/c1-35-20-13-7-17(8-14-20)23-21-22(25(32)30(24(21)31)19-11-9-18(28)10-12-19)27(29-23,26(33)34)15-16-5-3-2-4-6-16/h2-14,21-23,29H,15H2,1H3,(H,33,34)/t21-,22-,23+,27+/m1/s1. The van der Waals surface area contributed by atoms with Crippen molar-refractivity contribution in [2.75, 3.05) is 12.0 Å². The molecule has 0 bridgehead atoms. The largest absolute Gasteiger partial charge is 0.497 e. The Bertz CT molecular complexity index is 1280. The lowest BCUT2D eigenvalue weighted by Crippen LogP contribution is -2.57. The molecule has 0 aromatic heterocycles. The molecule has 0 radical (unpaired) electrons. The molecule has 2 amide bonds. The van der Waals surface area contributed by atoms with Crippen LogP contribution in [0.2, 0.25) is 0 Å². The van der Waals surface area contributed by atoms with Crippen molar-refractivity contribution in [2.45, 2.75) is 18.0 Å². The molecule has 2 N–H and O–H groups in total. The number of nitrogens with one attached hydrogen (secondary N) is 1. The van der Waals surface area contributed by atoms with Gasteiger partial charge in [0.15, 0.2) is 0 Å². The molecule has 2 aliphatic rings. The maximum atomic E-state index is 13.8. The number of anilines is 1. The van der Waals surface area contributed by atoms with Gasteiger partial charge in [0.1, 0.15) is 17.1 Å². The fourth-order valence-electron chi connectivity index (χ4n) is 5.30. The minimum Gasteiger partial charge on any atom is -0.497 e. The zero-order valence-electron chi connectivity index (χ0n) is 18.9. The van der Waals surface area contributed by atoms with E-state index >= 15 is 0 Å². The Labute approximate surface area is 201 Å². The second-order valence-electron chi connectivity index (χ2n) is 8.83. The van der Waals surface area contributed by atoms with E-state index in [1.165, 1.54) is 19.2 Å². The number of imide groups is 1. The number of fused-ring (bicyclic) bond motifs is 1. The van der Waals surface area contributed by atoms with E-state index in [9.17, 15) is 23.9 Å². The van der Waals surface area contributed by atoms with Gasteiger partial charge in [-0.3, -0.25) is 19.7 Å². The molecule has 0 saturated carbocycles. The number of nitrogens with zero attached hydrogens (tertiary/aromatic N) is 1. The van der Waals surface area contributed by atoms with E-state index in [2.05, 4.69) is 5.32 Å². The van der Waals surface area contributed by atoms with Crippen molar-refractivity contribution < 1.29 is 28.6 Å². The number of ether oxygens (including phenoxy) is 1. The van der Waals surface area contributed by atoms with Gasteiger partial charge in [0.25, 0.3) is 0 Å². The van der Waals surface area contributed by atoms with Crippen LogP contribution in [-0.4, -0.2) is 35.5 Å². The van der Waals surface area contributed by atoms with E-state index in [0.29, 0.717) is 11.3 Å². The molecule has 0 spiro atoms. The van der Waals surface area contributed by atoms with E-state index in [4.69, 9.17) is 4.74 Å². The minimum absolute atomic E-state index is 0.00721. The Balaban J connectivity index is 1.64. The third-order valence-electron chi connectivity index (χ3n) is 6.92. The predicted octanol–water partition coefficient (Wildman–Crippen LogP) is 3.35. The van der Waals surface area contributed by atoms with E-state index in [-0.39, 0.29) is 12.1 Å². The zero-order chi connectivity index (χ0) is 24.7. The van der Waals surface area contributed by atoms with E-state index in [0.717, 1.165) is 22.6 Å². The lowest BCUT2D eigenvalue weighted by Gasteiger charge is -2.31. The topological polar surface area (TPSA) is 95.9 Å². The van der Waals surface area contributed by atoms with Gasteiger partial charge in [-0.05, 0) is 47.5 Å². The van der Waals surface area contributed by atoms with Crippen molar-refractivity contribution in [3.8, 4) is 5.75 Å². The maximum Gasteiger partial charge on any atom is 0.325 e. The molecular formula is C27H23FN2O5. The van der Waals surface area contributed by atoms with Crippen LogP contribution < -0.4 is 15.0 Å². The third kappa shape index (κ3) is 3.66. The van der Waals surface area contributed by atoms with Crippen LogP contribution in [-0.2, 0) is 20.8 Å². The molecule has 178 valence electrons. The first kappa shape index (κ1) is 22.7. The first-order valence-electron chi connectivity index (χ1n) is 11.2. The summed E-state index contributed by atoms with van der Waals surface area (Å²) in [4.78, 5) is 41.3. The molecule has 5 rings (SSSR count). The first-order valence-corrected chi connectivity index (χ1v) is 11.2. The summed E-state index contributed by atoms with van der Waals surface area (Å²) in [6, 6.07) is 20.3. The summed E-state index contributed by atoms with van der Waals surface area (Å²) >= 11 is 0. The summed E-state index contributed by atoms with van der Waals surface area (Å²) in [5, 5.41) is 13.7. The van der Waals surface area contributed by atoms with Gasteiger partial charge in [0.2, 0.25) is 11.8 Å². The number of carboxylic acid groups (broad SMARTS) is 1. The first-order chi connectivity index (χ1) is 16.9. The molecule has 0 unspecified atom stereocenters. The van der Waals surface area contributed by atoms with Crippen LogP contribution in [0.3, 0.4) is 0 Å². The second kappa shape index (κ2) is 8.63. The maximum absolute atomic E-state index is 13.8. The normalized spacial score (nSPS) is 25.5. The number of benzene rings is 3. The van der Waals surface area contributed by atoms with Gasteiger partial charge in [-0.25, -0.2) is 9.29 Å². The minimum atomic E-state index is -1.72. The Morgan fingerprint density at radius 3 is 2.26 bits per heavy atom. The number of carbonyl (C=O) groups is 3. The molecular weight excluding hydrogens is 451 g/mol. The lowest BCUT2D eigenvalue weighted by molar-refractivity contribution is -0.148. The van der Waals surface area contributed by atoms with Gasteiger partial charge in [0, 0.05) is 12.5 Å². The molecule has 3 aromatic carbocycles. The van der Waals surface area contributed by atoms with Crippen LogP contribution in [0, 0.1) is 17.7 Å². The zero-order valence-corrected chi connectivity index (χ0v) is 18.9. The second-order valence-corrected chi connectivity index (χ2v) is 8.83. The number of carboxylic acids is 1. The van der Waals surface area contributed by atoms with Crippen LogP contribution in [0.15, 0.2) is 78.9 Å². The fraction of sp³-hybridized carbons (Fsp3) is 0.222. The number of rotatable bonds is 6. The molecule has 8 heteroatoms. The number of hydrogen-bond acceptors (Lipinski definition) is 5. The van der Waals surface area contributed by atoms with Crippen molar-refractivity contribution in [3.05, 3.63) is 95.8 Å². The van der Waals surface area contributed by atoms with Gasteiger partial charge < -0.3 is 9.84 Å². The van der Waals surface area contributed by atoms with Crippen LogP contribution in [0.25, 0.3) is 0 Å². The third-order valence-corrected chi connectivity index (χ3v) is 6.92. The molecule has 35 heavy (non-hydrogen) atoms. The highest BCUT2D eigenvalue weighted by Gasteiger charge is 2.68. The average molecular weight is 474 g/mol. The summed E-state index contributed by atoms with van der Waals surface area (Å²) in [6.07, 6.45) is 0.00721. The summed E-state index contributed by atoms with van der Waals surface area (Å²) in [5.41, 5.74) is -0.127. The Morgan fingerprint density at radius 1 is 1.00 bits per heavy atom. The summed E-state index contributed by atoms with van der Waals surface area (Å²) in [6.45, 7) is 0. The molecule has 2 heterocycles. The van der Waals surface area contributed by atoms with Gasteiger partial charge >= 0.3 is 5.97 Å². The molecule has 2 aliphatic heterocycles. The molecule has 7 nitrogen and oxygen atoms in total. The van der Waals surface area contributed by atoms with Crippen LogP contribution in [0.1, 0.15) is 17.2 Å². The molecule has 2 fully saturated rings. The van der Waals surface area contributed by atoms with Gasteiger partial charge in [-0.1, -0.05) is 42.5 Å². The van der Waals surface area contributed by atoms with Gasteiger partial charge in [0.05, 0.1) is 24.6 Å². The lowest BCUT2D eigenvalue weighted by atomic mass is 9.76. The fourth-order valence-corrected chi connectivity index (χ4v) is 5.30. The number of aliphatic carboxylic acids is 1. The number of amides is 2. The van der Waals surface area contributed by atoms with E-state index < -0.39 is 47.0 Å². The Morgan fingerprint density at radius 2 is 1.66 bits per heavy atom. The summed E-state index contributed by atoms with van der Waals surface area (Å²) in [7, 11) is 1.54. The van der Waals surface area contributed by atoms with Gasteiger partial charge in [-0.2, -0.15) is 0 Å². The molecule has 2 saturated heterocycles. The number of halogens is 1. The highest BCUT2D eigenvalue weighted by Crippen LogP contribution is 2.51. The number of methoxy groups -OCH3 is 1. The summed E-state index contributed by atoms with van der Waals surface area (Å²) in [5.74, 6) is -4.36. The predicted molar refractivity (Wildman–Crippen MR) is 125 cm³/mol. The van der Waals surface area contributed by atoms with Crippen molar-refractivity contribution >= 4 is 23.5 Å². The molecule has 4 atom stereocenters. The van der Waals surface area contributed by atoms with Gasteiger partial charge in [-0.15, -0.1) is 0 Å². The summed E-state index contributed by atoms with van der Waals surface area (Å²) < 4.78 is 18.8. The van der Waals surface area contributed by atoms with E-state index in [1.54, 1.807) is 48.5 Å². The van der Waals surface area contributed by atoms with Crippen molar-refractivity contribution in [2.24, 2.45) is 11.8 Å². The SMILES string of the molecule is COc1ccc([C@@H]2N[C@](Cc3ccccc3)(C(=O)O)[C@H]3C(=O)N(c4ccc(F)cc4)C(=O)[C@@H]23)cc1. The smallest absolute Gasteiger partial charge is 0.325 e. The Kier molecular flexibility index (Phi) is 5.61. The number of hydrogen-bond donors (Lipinski definition) is 2. The van der Waals surface area contributed by atoms with Crippen molar-refractivity contribution in [1.29, 1.82) is 0 Å². The van der Waals surface area contributed by atoms with E-state index in [1.807, 2.05) is 6.07 Å².